The van der Waals surface area contributed by atoms with E-state index in [1.54, 1.807) is 0 Å². The minimum absolute atomic E-state index is 0.0268. The van der Waals surface area contributed by atoms with Gasteiger partial charge in [-0.25, -0.2) is 14.0 Å². The van der Waals surface area contributed by atoms with E-state index in [9.17, 15) is 14.0 Å². The Balaban J connectivity index is 2.47. The van der Waals surface area contributed by atoms with Gasteiger partial charge in [0.1, 0.15) is 0 Å². The van der Waals surface area contributed by atoms with Crippen LogP contribution in [0, 0.1) is 11.7 Å². The Labute approximate surface area is 146 Å². The fraction of sp³-hybridized carbons (Fsp3) is 0.444. The quantitative estimate of drug-likeness (QED) is 0.365. The van der Waals surface area contributed by atoms with E-state index < -0.39 is 17.8 Å². The highest BCUT2D eigenvalue weighted by Crippen LogP contribution is 2.27. The van der Waals surface area contributed by atoms with Crippen LogP contribution in [0.1, 0.15) is 39.5 Å². The van der Waals surface area contributed by atoms with E-state index in [2.05, 4.69) is 6.92 Å². The van der Waals surface area contributed by atoms with Gasteiger partial charge in [-0.2, -0.15) is 0 Å². The number of unbranched alkanes of at least 4 members (excludes halogenated alkanes) is 1. The summed E-state index contributed by atoms with van der Waals surface area (Å²) in [7, 11) is 0. The Hall–Kier alpha value is -1.88. The van der Waals surface area contributed by atoms with Crippen LogP contribution in [0.4, 0.5) is 4.39 Å². The first kappa shape index (κ1) is 20.2. The molecule has 0 aromatic heterocycles. The molecule has 0 spiro atoms. The van der Waals surface area contributed by atoms with Crippen LogP contribution < -0.4 is 4.74 Å². The van der Waals surface area contributed by atoms with Gasteiger partial charge in [0.15, 0.2) is 11.6 Å². The third-order valence-electron chi connectivity index (χ3n) is 3.48. The van der Waals surface area contributed by atoms with E-state index in [1.807, 2.05) is 6.92 Å². The van der Waals surface area contributed by atoms with Crippen LogP contribution in [-0.2, 0) is 14.3 Å². The molecule has 0 radical (unpaired) electrons. The zero-order valence-corrected chi connectivity index (χ0v) is 14.6. The lowest BCUT2D eigenvalue weighted by atomic mass is 10.0. The van der Waals surface area contributed by atoms with Crippen LogP contribution in [-0.4, -0.2) is 18.5 Å². The number of benzene rings is 1. The largest absolute Gasteiger partial charge is 0.462 e. The Bertz CT molecular complexity index is 566. The summed E-state index contributed by atoms with van der Waals surface area (Å²) in [6, 6.07) is 3.91. The second-order valence-corrected chi connectivity index (χ2v) is 5.76. The molecule has 4 nitrogen and oxygen atoms in total. The van der Waals surface area contributed by atoms with E-state index >= 15 is 0 Å². The third-order valence-corrected chi connectivity index (χ3v) is 3.78. The fourth-order valence-corrected chi connectivity index (χ4v) is 2.20. The van der Waals surface area contributed by atoms with E-state index in [1.165, 1.54) is 12.1 Å². The first-order valence-corrected chi connectivity index (χ1v) is 8.36. The van der Waals surface area contributed by atoms with E-state index in [-0.39, 0.29) is 10.8 Å². The van der Waals surface area contributed by atoms with Gasteiger partial charge in [0.2, 0.25) is 0 Å². The van der Waals surface area contributed by atoms with Crippen LogP contribution in [0.15, 0.2) is 30.4 Å². The standard InChI is InChI=1S/C18H22ClFO4/c1-3-5-7-13(4-2)12-23-16(21)10-11-17(22)24-18-14(19)8-6-9-15(18)20/h6,8-11,13H,3-5,7,12H2,1-2H3/b11-10+. The summed E-state index contributed by atoms with van der Waals surface area (Å²) in [5.74, 6) is -2.36. The fourth-order valence-electron chi connectivity index (χ4n) is 2.00. The molecule has 0 aliphatic carbocycles. The van der Waals surface area contributed by atoms with Gasteiger partial charge < -0.3 is 9.47 Å². The molecule has 0 bridgehead atoms. The van der Waals surface area contributed by atoms with Crippen molar-refractivity contribution >= 4 is 23.5 Å². The molecule has 24 heavy (non-hydrogen) atoms. The molecule has 0 amide bonds. The van der Waals surface area contributed by atoms with Gasteiger partial charge in [0.05, 0.1) is 11.6 Å². The number of ether oxygens (including phenoxy) is 2. The van der Waals surface area contributed by atoms with Crippen molar-refractivity contribution in [1.29, 1.82) is 0 Å². The van der Waals surface area contributed by atoms with Gasteiger partial charge in [0.25, 0.3) is 0 Å². The number of hydrogen-bond donors (Lipinski definition) is 0. The molecule has 1 atom stereocenters. The summed E-state index contributed by atoms with van der Waals surface area (Å²) in [5.41, 5.74) is 0. The SMILES string of the molecule is CCCCC(CC)COC(=O)/C=C/C(=O)Oc1c(F)cccc1Cl. The molecule has 132 valence electrons. The van der Waals surface area contributed by atoms with E-state index in [4.69, 9.17) is 21.1 Å². The molecule has 1 aromatic carbocycles. The third kappa shape index (κ3) is 7.13. The van der Waals surface area contributed by atoms with Crippen molar-refractivity contribution in [2.45, 2.75) is 39.5 Å². The number of rotatable bonds is 9. The lowest BCUT2D eigenvalue weighted by Crippen LogP contribution is -2.13. The van der Waals surface area contributed by atoms with Crippen LogP contribution in [0.3, 0.4) is 0 Å². The molecule has 6 heteroatoms. The molecule has 1 rings (SSSR count). The minimum atomic E-state index is -0.906. The molecule has 0 aliphatic heterocycles. The molecule has 1 unspecified atom stereocenters. The summed E-state index contributed by atoms with van der Waals surface area (Å²) in [6.07, 6.45) is 5.95. The smallest absolute Gasteiger partial charge is 0.336 e. The molecule has 1 aromatic rings. The highest BCUT2D eigenvalue weighted by atomic mass is 35.5. The summed E-state index contributed by atoms with van der Waals surface area (Å²) in [6.45, 7) is 4.46. The molecule has 0 aliphatic rings. The van der Waals surface area contributed by atoms with Gasteiger partial charge in [0, 0.05) is 12.2 Å². The van der Waals surface area contributed by atoms with Crippen LogP contribution in [0.25, 0.3) is 0 Å². The van der Waals surface area contributed by atoms with Gasteiger partial charge in [-0.15, -0.1) is 0 Å². The van der Waals surface area contributed by atoms with Crippen molar-refractivity contribution in [2.24, 2.45) is 5.92 Å². The maximum Gasteiger partial charge on any atom is 0.336 e. The van der Waals surface area contributed by atoms with Crippen molar-refractivity contribution in [3.63, 3.8) is 0 Å². The monoisotopic (exact) mass is 356 g/mol. The van der Waals surface area contributed by atoms with E-state index in [0.29, 0.717) is 12.5 Å². The van der Waals surface area contributed by atoms with Crippen molar-refractivity contribution < 1.29 is 23.5 Å². The number of halogens is 2. The Morgan fingerprint density at radius 3 is 2.58 bits per heavy atom. The zero-order valence-electron chi connectivity index (χ0n) is 13.9. The second-order valence-electron chi connectivity index (χ2n) is 5.35. The Morgan fingerprint density at radius 1 is 1.25 bits per heavy atom. The number of carbonyl (C=O) groups is 2. The second kappa shape index (κ2) is 10.8. The van der Waals surface area contributed by atoms with Crippen molar-refractivity contribution in [3.8, 4) is 5.75 Å². The van der Waals surface area contributed by atoms with Crippen molar-refractivity contribution in [3.05, 3.63) is 41.2 Å². The summed E-state index contributed by atoms with van der Waals surface area (Å²) in [4.78, 5) is 23.2. The maximum absolute atomic E-state index is 13.5. The molecular weight excluding hydrogens is 335 g/mol. The summed E-state index contributed by atoms with van der Waals surface area (Å²) in [5, 5.41) is -0.0268. The normalized spacial score (nSPS) is 12.2. The van der Waals surface area contributed by atoms with Crippen LogP contribution in [0.2, 0.25) is 5.02 Å². The number of carbonyl (C=O) groups excluding carboxylic acids is 2. The minimum Gasteiger partial charge on any atom is -0.462 e. The van der Waals surface area contributed by atoms with Gasteiger partial charge in [-0.05, 0) is 24.5 Å². The van der Waals surface area contributed by atoms with Gasteiger partial charge >= 0.3 is 11.9 Å². The average Bonchev–Trinajstić information content (AvgIpc) is 2.56. The predicted molar refractivity (Wildman–Crippen MR) is 90.5 cm³/mol. The lowest BCUT2D eigenvalue weighted by molar-refractivity contribution is -0.139. The van der Waals surface area contributed by atoms with E-state index in [0.717, 1.165) is 43.9 Å². The van der Waals surface area contributed by atoms with Crippen LogP contribution in [0.5, 0.6) is 5.75 Å². The van der Waals surface area contributed by atoms with Crippen molar-refractivity contribution in [2.75, 3.05) is 6.61 Å². The first-order valence-electron chi connectivity index (χ1n) is 7.98. The predicted octanol–water partition coefficient (Wildman–Crippen LogP) is 4.70. The number of esters is 2. The first-order chi connectivity index (χ1) is 11.5. The molecule has 0 heterocycles. The molecule has 0 saturated heterocycles. The Kier molecular flexibility index (Phi) is 9.08. The van der Waals surface area contributed by atoms with Gasteiger partial charge in [-0.1, -0.05) is 50.8 Å². The topological polar surface area (TPSA) is 52.6 Å². The van der Waals surface area contributed by atoms with Crippen LogP contribution >= 0.6 is 11.6 Å². The zero-order chi connectivity index (χ0) is 17.9. The van der Waals surface area contributed by atoms with Gasteiger partial charge in [-0.3, -0.25) is 0 Å². The average molecular weight is 357 g/mol. The maximum atomic E-state index is 13.5. The highest BCUT2D eigenvalue weighted by molar-refractivity contribution is 6.32. The van der Waals surface area contributed by atoms with Crippen molar-refractivity contribution in [1.82, 2.24) is 0 Å². The number of para-hydroxylation sites is 1. The molecule has 0 fully saturated rings. The number of hydrogen-bond acceptors (Lipinski definition) is 4. The molecular formula is C18H22ClFO4. The summed E-state index contributed by atoms with van der Waals surface area (Å²) < 4.78 is 23.4. The lowest BCUT2D eigenvalue weighted by Gasteiger charge is -2.13. The molecule has 0 saturated carbocycles. The molecule has 0 N–H and O–H groups in total. The Morgan fingerprint density at radius 2 is 1.96 bits per heavy atom. The highest BCUT2D eigenvalue weighted by Gasteiger charge is 2.12. The summed E-state index contributed by atoms with van der Waals surface area (Å²) >= 11 is 5.75.